The summed E-state index contributed by atoms with van der Waals surface area (Å²) in [5.74, 6) is -18.2. The topological polar surface area (TPSA) is 542 Å². The molecule has 0 saturated carbocycles. The first kappa shape index (κ1) is 73.4. The van der Waals surface area contributed by atoms with Crippen LogP contribution in [0.25, 0.3) is 0 Å². The number of carbonyl (C=O) groups is 12. The van der Waals surface area contributed by atoms with Gasteiger partial charge in [0.25, 0.3) is 5.91 Å². The lowest BCUT2D eigenvalue weighted by Crippen LogP contribution is -2.62. The highest BCUT2D eigenvalue weighted by atomic mass is 35.5. The van der Waals surface area contributed by atoms with Crippen molar-refractivity contribution in [3.8, 4) is 0 Å². The van der Waals surface area contributed by atoms with E-state index in [0.29, 0.717) is 12.8 Å². The van der Waals surface area contributed by atoms with Crippen LogP contribution in [0.2, 0.25) is 0 Å². The summed E-state index contributed by atoms with van der Waals surface area (Å²) >= 11 is 5.83. The van der Waals surface area contributed by atoms with Crippen molar-refractivity contribution in [3.05, 3.63) is 11.8 Å². The van der Waals surface area contributed by atoms with Crippen LogP contribution in [0, 0.1) is 0 Å². The molecule has 2 unspecified atom stereocenters. The van der Waals surface area contributed by atoms with E-state index in [4.69, 9.17) is 33.5 Å². The Morgan fingerprint density at radius 2 is 1.16 bits per heavy atom. The second kappa shape index (κ2) is 38.9. The van der Waals surface area contributed by atoms with Crippen LogP contribution in [0.15, 0.2) is 11.8 Å². The van der Waals surface area contributed by atoms with Crippen molar-refractivity contribution in [3.63, 3.8) is 0 Å². The molecule has 0 radical (unpaired) electrons. The van der Waals surface area contributed by atoms with Crippen LogP contribution in [0.4, 0.5) is 0 Å². The third-order valence-electron chi connectivity index (χ3n) is 12.6. The molecule has 9 amide bonds. The van der Waals surface area contributed by atoms with Crippen LogP contribution >= 0.6 is 11.6 Å². The summed E-state index contributed by atoms with van der Waals surface area (Å²) in [7, 11) is 0. The average molecular weight is 1200 g/mol. The molecule has 22 N–H and O–H groups in total. The molecule has 32 nitrogen and oxygen atoms in total. The van der Waals surface area contributed by atoms with E-state index in [1.54, 1.807) is 0 Å². The van der Waals surface area contributed by atoms with Crippen molar-refractivity contribution >= 4 is 82.7 Å². The number of alkyl halides is 1. The molecule has 1 rings (SSSR count). The lowest BCUT2D eigenvalue weighted by molar-refractivity contribution is -0.155. The monoisotopic (exact) mass is 1190 g/mol. The van der Waals surface area contributed by atoms with Crippen LogP contribution in [0.3, 0.4) is 0 Å². The minimum atomic E-state index is -2.85. The second-order valence-electron chi connectivity index (χ2n) is 19.3. The van der Waals surface area contributed by atoms with Gasteiger partial charge >= 0.3 is 17.9 Å². The summed E-state index contributed by atoms with van der Waals surface area (Å²) in [5, 5.41) is 92.4. The summed E-state index contributed by atoms with van der Waals surface area (Å²) < 4.78 is 5.23. The van der Waals surface area contributed by atoms with Crippen LogP contribution in [0.5, 0.6) is 0 Å². The zero-order chi connectivity index (χ0) is 62.2. The molecule has 0 aromatic heterocycles. The first-order valence-electron chi connectivity index (χ1n) is 26.8. The number of carboxylic acid groups (broad SMARTS) is 2. The molecule has 82 heavy (non-hydrogen) atoms. The van der Waals surface area contributed by atoms with Gasteiger partial charge in [-0.3, -0.25) is 47.9 Å². The molecule has 0 aromatic rings. The van der Waals surface area contributed by atoms with E-state index in [1.807, 2.05) is 17.6 Å². The van der Waals surface area contributed by atoms with E-state index < -0.39 is 194 Å². The molecule has 13 atom stereocenters. The third kappa shape index (κ3) is 26.1. The van der Waals surface area contributed by atoms with Crippen molar-refractivity contribution in [1.82, 2.24) is 47.9 Å². The Hall–Kier alpha value is -6.65. The number of esters is 1. The lowest BCUT2D eigenvalue weighted by Gasteiger charge is -2.28. The van der Waals surface area contributed by atoms with Gasteiger partial charge in [0, 0.05) is 0 Å². The maximum absolute atomic E-state index is 14.1. The largest absolute Gasteiger partial charge is 0.481 e. The molecule has 0 bridgehead atoms. The molecule has 1 aliphatic heterocycles. The summed E-state index contributed by atoms with van der Waals surface area (Å²) in [6.45, 7) is 2.39. The Labute approximate surface area is 477 Å². The van der Waals surface area contributed by atoms with Gasteiger partial charge in [0.15, 0.2) is 12.1 Å². The van der Waals surface area contributed by atoms with E-state index in [1.165, 1.54) is 0 Å². The number of hydrogen-bond donors (Lipinski definition) is 19. The van der Waals surface area contributed by atoms with Gasteiger partial charge in [-0.1, -0.05) is 51.5 Å². The number of ether oxygens (including phenoxy) is 1. The number of nitrogens with one attached hydrogen (secondary N) is 9. The summed E-state index contributed by atoms with van der Waals surface area (Å²) in [4.78, 5) is 162. The lowest BCUT2D eigenvalue weighted by atomic mass is 10.0. The molecular formula is C49H83ClN12O20. The van der Waals surface area contributed by atoms with Crippen molar-refractivity contribution in [2.24, 2.45) is 17.2 Å². The van der Waals surface area contributed by atoms with Crippen LogP contribution in [0.1, 0.15) is 111 Å². The molecule has 0 spiro atoms. The Morgan fingerprint density at radius 3 is 1.68 bits per heavy atom. The Bertz CT molecular complexity index is 2190. The van der Waals surface area contributed by atoms with Gasteiger partial charge in [0.2, 0.25) is 47.3 Å². The number of amides is 9. The van der Waals surface area contributed by atoms with E-state index in [0.717, 1.165) is 45.6 Å². The Balaban J connectivity index is 4.09. The molecule has 1 fully saturated rings. The van der Waals surface area contributed by atoms with E-state index in [-0.39, 0.29) is 45.2 Å². The first-order valence-corrected chi connectivity index (χ1v) is 27.3. The summed E-state index contributed by atoms with van der Waals surface area (Å²) in [6.07, 6.45) is -6.53. The molecular weight excluding hydrogens is 1110 g/mol. The highest BCUT2D eigenvalue weighted by Crippen LogP contribution is 2.14. The van der Waals surface area contributed by atoms with Gasteiger partial charge in [-0.05, 0) is 72.0 Å². The number of aliphatic hydroxyl groups is 5. The number of cyclic esters (lactones) is 1. The molecule has 1 saturated heterocycles. The first-order chi connectivity index (χ1) is 38.7. The minimum absolute atomic E-state index is 0.0798. The quantitative estimate of drug-likeness (QED) is 0.0166. The number of nitrogens with two attached hydrogens (primary N) is 3. The van der Waals surface area contributed by atoms with Crippen molar-refractivity contribution in [2.75, 3.05) is 32.1 Å². The molecule has 33 heteroatoms. The van der Waals surface area contributed by atoms with E-state index in [9.17, 15) is 93.3 Å². The fraction of sp³-hybridized carbons (Fsp3) is 0.714. The minimum Gasteiger partial charge on any atom is -0.481 e. The maximum Gasteiger partial charge on any atom is 0.335 e. The van der Waals surface area contributed by atoms with Crippen LogP contribution in [-0.4, -0.2) is 218 Å². The van der Waals surface area contributed by atoms with Crippen molar-refractivity contribution in [1.29, 1.82) is 0 Å². The van der Waals surface area contributed by atoms with E-state index >= 15 is 0 Å². The number of rotatable bonds is 26. The van der Waals surface area contributed by atoms with Gasteiger partial charge < -0.3 is 106 Å². The van der Waals surface area contributed by atoms with Gasteiger partial charge in [0.05, 0.1) is 43.1 Å². The van der Waals surface area contributed by atoms with Gasteiger partial charge in [-0.2, -0.15) is 0 Å². The van der Waals surface area contributed by atoms with Crippen LogP contribution < -0.4 is 65.1 Å². The number of hydrogen-bond acceptors (Lipinski definition) is 21. The standard InChI is InChI=1S/C49H83ClN12O20/c1-4-6-7-8-9-10-14-31(64)32(65)21-34(67)54-30-23-82-49(81)37(33(66)22-50)61-47(78)38(39(70)48(79)80)62-40(71)25(5-2)55-46(77)36(24(3)63)60-43(74)28(16-19-53)57-41(72)26(13-11-12-17-51)56-44(75)29(20-35(68)69)59-42(73)27(15-18-52)58-45(30)76/h5,24,26-33,36-39,63-66,70H,4,6-23,51-53H2,1-3H3,(H,54,67)(H,55,77)(H,56,75)(H,57,72)(H,58,76)(H,59,73)(H,60,74)(H,61,78)(H,62,71)(H,68,69)(H,79,80)/t24-,26-,27+,28-,29-,30-,31?,32?,33+,36-,37-,38-,39-/m0/s1. The summed E-state index contributed by atoms with van der Waals surface area (Å²) in [5.41, 5.74) is 16.4. The number of aliphatic carboxylic acids is 2. The van der Waals surface area contributed by atoms with Crippen LogP contribution in [-0.2, 0) is 62.3 Å². The number of halogens is 1. The zero-order valence-corrected chi connectivity index (χ0v) is 46.8. The van der Waals surface area contributed by atoms with Gasteiger partial charge in [0.1, 0.15) is 54.6 Å². The smallest absolute Gasteiger partial charge is 0.335 e. The third-order valence-corrected chi connectivity index (χ3v) is 12.9. The van der Waals surface area contributed by atoms with Gasteiger partial charge in [-0.25, -0.2) is 9.59 Å². The molecule has 1 aliphatic rings. The fourth-order valence-corrected chi connectivity index (χ4v) is 8.05. The molecule has 0 aromatic carbocycles. The average Bonchev–Trinajstić information content (AvgIpc) is 3.55. The SMILES string of the molecule is CC=C1NC(=O)[C@H]([C@H](C)O)NC(=O)[C@H](CCN)NC(=O)[C@H](CCCCN)NC(=O)[C@H](CC(=O)O)NC(=O)[C@@H](CCN)NC(=O)[C@@H](NC(=O)CC(O)C(O)CCCCCCCC)COC(=O)[C@H]([C@H](O)CCl)NC(=O)[C@H]([C@H](O)C(=O)O)NC1=O. The number of aliphatic hydroxyl groups excluding tert-OH is 5. The molecule has 0 aliphatic carbocycles. The Morgan fingerprint density at radius 1 is 0.634 bits per heavy atom. The summed E-state index contributed by atoms with van der Waals surface area (Å²) in [6, 6.07) is -16.1. The number of carboxylic acids is 2. The van der Waals surface area contributed by atoms with E-state index in [2.05, 4.69) is 37.2 Å². The number of carbonyl (C=O) groups excluding carboxylic acids is 10. The predicted molar refractivity (Wildman–Crippen MR) is 287 cm³/mol. The predicted octanol–water partition coefficient (Wildman–Crippen LogP) is -6.97. The number of allylic oxidation sites excluding steroid dienone is 1. The number of unbranched alkanes of at least 4 members (excludes halogenated alkanes) is 6. The highest BCUT2D eigenvalue weighted by molar-refractivity contribution is 6.18. The molecule has 1 heterocycles. The Kier molecular flexibility index (Phi) is 34.8. The van der Waals surface area contributed by atoms with Crippen molar-refractivity contribution < 1.29 is 98.0 Å². The highest BCUT2D eigenvalue weighted by Gasteiger charge is 2.41. The molecule has 466 valence electrons. The second-order valence-corrected chi connectivity index (χ2v) is 19.6. The van der Waals surface area contributed by atoms with Crippen molar-refractivity contribution in [2.45, 2.75) is 190 Å². The maximum atomic E-state index is 14.1. The fourth-order valence-electron chi connectivity index (χ4n) is 7.87. The van der Waals surface area contributed by atoms with Gasteiger partial charge in [-0.15, -0.1) is 11.6 Å². The zero-order valence-electron chi connectivity index (χ0n) is 46.1. The normalized spacial score (nSPS) is 25.1.